The Balaban J connectivity index is 1.65. The predicted molar refractivity (Wildman–Crippen MR) is 128 cm³/mol. The number of hydrogen-bond donors (Lipinski definition) is 1. The molecule has 0 aliphatic rings. The van der Waals surface area contributed by atoms with Gasteiger partial charge in [-0.2, -0.15) is 0 Å². The summed E-state index contributed by atoms with van der Waals surface area (Å²) < 4.78 is 13.3. The van der Waals surface area contributed by atoms with Crippen molar-refractivity contribution in [2.45, 2.75) is 0 Å². The highest BCUT2D eigenvalue weighted by Crippen LogP contribution is 2.37. The lowest BCUT2D eigenvalue weighted by Crippen LogP contribution is -2.07. The molecular formula is C27H16N4O3. The SMILES string of the molecule is O=C(c1ccco1)c1cc(-c2nc3ccccc3[nH]2)c(-c2ccco2)n2c1nc1ccccc12. The Kier molecular flexibility index (Phi) is 3.86. The molecule has 0 aliphatic carbocycles. The number of carbonyl (C=O) groups excluding carboxylic acids is 1. The van der Waals surface area contributed by atoms with Crippen molar-refractivity contribution in [2.24, 2.45) is 0 Å². The van der Waals surface area contributed by atoms with Gasteiger partial charge in [0, 0.05) is 5.56 Å². The minimum absolute atomic E-state index is 0.246. The number of fused-ring (bicyclic) bond motifs is 4. The molecule has 1 N–H and O–H groups in total. The van der Waals surface area contributed by atoms with Crippen LogP contribution in [0.15, 0.2) is 100 Å². The number of imidazole rings is 2. The molecule has 2 aromatic carbocycles. The molecule has 5 heterocycles. The Morgan fingerprint density at radius 3 is 2.41 bits per heavy atom. The van der Waals surface area contributed by atoms with Crippen LogP contribution in [0.3, 0.4) is 0 Å². The number of nitrogens with zero attached hydrogens (tertiary/aromatic N) is 3. The maximum Gasteiger partial charge on any atom is 0.231 e. The summed E-state index contributed by atoms with van der Waals surface area (Å²) in [7, 11) is 0. The minimum Gasteiger partial charge on any atom is -0.463 e. The van der Waals surface area contributed by atoms with Gasteiger partial charge < -0.3 is 13.8 Å². The van der Waals surface area contributed by atoms with Crippen molar-refractivity contribution in [2.75, 3.05) is 0 Å². The fourth-order valence-corrected chi connectivity index (χ4v) is 4.46. The molecule has 0 aliphatic heterocycles. The quantitative estimate of drug-likeness (QED) is 0.331. The number of ketones is 1. The summed E-state index contributed by atoms with van der Waals surface area (Å²) in [4.78, 5) is 26.6. The van der Waals surface area contributed by atoms with E-state index in [4.69, 9.17) is 18.8 Å². The van der Waals surface area contributed by atoms with Gasteiger partial charge in [0.1, 0.15) is 17.2 Å². The van der Waals surface area contributed by atoms with Crippen LogP contribution in [-0.2, 0) is 0 Å². The third kappa shape index (κ3) is 2.67. The van der Waals surface area contributed by atoms with E-state index in [-0.39, 0.29) is 11.5 Å². The van der Waals surface area contributed by atoms with Crippen LogP contribution >= 0.6 is 0 Å². The summed E-state index contributed by atoms with van der Waals surface area (Å²) in [5, 5.41) is 0. The Morgan fingerprint density at radius 2 is 1.62 bits per heavy atom. The first-order valence-corrected chi connectivity index (χ1v) is 10.8. The summed E-state index contributed by atoms with van der Waals surface area (Å²) in [5.74, 6) is 1.25. The van der Waals surface area contributed by atoms with E-state index in [0.29, 0.717) is 22.8 Å². The van der Waals surface area contributed by atoms with E-state index in [1.807, 2.05) is 71.1 Å². The number of rotatable bonds is 4. The van der Waals surface area contributed by atoms with Gasteiger partial charge in [0.15, 0.2) is 11.5 Å². The number of nitrogens with one attached hydrogen (secondary N) is 1. The number of hydrogen-bond acceptors (Lipinski definition) is 5. The van der Waals surface area contributed by atoms with Crippen molar-refractivity contribution in [3.8, 4) is 22.8 Å². The van der Waals surface area contributed by atoms with Gasteiger partial charge in [-0.05, 0) is 54.6 Å². The van der Waals surface area contributed by atoms with E-state index >= 15 is 0 Å². The van der Waals surface area contributed by atoms with Crippen LogP contribution < -0.4 is 0 Å². The van der Waals surface area contributed by atoms with Gasteiger partial charge in [-0.15, -0.1) is 0 Å². The Hall–Kier alpha value is -4.91. The van der Waals surface area contributed by atoms with E-state index in [1.54, 1.807) is 18.4 Å². The summed E-state index contributed by atoms with van der Waals surface area (Å²) >= 11 is 0. The smallest absolute Gasteiger partial charge is 0.231 e. The van der Waals surface area contributed by atoms with E-state index in [0.717, 1.165) is 33.3 Å². The Labute approximate surface area is 192 Å². The minimum atomic E-state index is -0.256. The first-order valence-electron chi connectivity index (χ1n) is 10.8. The first-order chi connectivity index (χ1) is 16.8. The summed E-state index contributed by atoms with van der Waals surface area (Å²) in [6.45, 7) is 0. The fraction of sp³-hybridized carbons (Fsp3) is 0. The van der Waals surface area contributed by atoms with Crippen molar-refractivity contribution >= 4 is 33.5 Å². The van der Waals surface area contributed by atoms with Gasteiger partial charge in [0.25, 0.3) is 0 Å². The molecule has 162 valence electrons. The average molecular weight is 444 g/mol. The summed E-state index contributed by atoms with van der Waals surface area (Å²) in [6.07, 6.45) is 3.12. The second kappa shape index (κ2) is 7.05. The van der Waals surface area contributed by atoms with Crippen molar-refractivity contribution in [1.29, 1.82) is 0 Å². The van der Waals surface area contributed by atoms with Crippen LogP contribution in [0.2, 0.25) is 0 Å². The van der Waals surface area contributed by atoms with Gasteiger partial charge in [0.05, 0.1) is 40.2 Å². The van der Waals surface area contributed by atoms with Crippen LogP contribution in [-0.4, -0.2) is 25.1 Å². The third-order valence-corrected chi connectivity index (χ3v) is 5.96. The highest BCUT2D eigenvalue weighted by Gasteiger charge is 2.26. The maximum absolute atomic E-state index is 13.6. The number of furan rings is 2. The molecule has 0 spiro atoms. The fourth-order valence-electron chi connectivity index (χ4n) is 4.46. The molecule has 0 bridgehead atoms. The average Bonchev–Trinajstić information content (AvgIpc) is 3.68. The van der Waals surface area contributed by atoms with Crippen molar-refractivity contribution in [1.82, 2.24) is 19.4 Å². The highest BCUT2D eigenvalue weighted by molar-refractivity contribution is 6.13. The lowest BCUT2D eigenvalue weighted by molar-refractivity contribution is 0.101. The highest BCUT2D eigenvalue weighted by atomic mass is 16.3. The number of aromatic amines is 1. The van der Waals surface area contributed by atoms with E-state index < -0.39 is 0 Å². The summed E-state index contributed by atoms with van der Waals surface area (Å²) in [6, 6.07) is 24.5. The molecule has 0 amide bonds. The van der Waals surface area contributed by atoms with Crippen LogP contribution in [0.4, 0.5) is 0 Å². The molecule has 7 rings (SSSR count). The third-order valence-electron chi connectivity index (χ3n) is 5.96. The normalized spacial score (nSPS) is 11.6. The molecule has 7 aromatic rings. The lowest BCUT2D eigenvalue weighted by atomic mass is 10.0. The number of para-hydroxylation sites is 4. The molecule has 34 heavy (non-hydrogen) atoms. The monoisotopic (exact) mass is 444 g/mol. The zero-order valence-electron chi connectivity index (χ0n) is 17.7. The Bertz CT molecular complexity index is 1790. The second-order valence-corrected chi connectivity index (χ2v) is 7.97. The molecule has 0 saturated heterocycles. The molecule has 5 aromatic heterocycles. The number of pyridine rings is 1. The molecule has 0 radical (unpaired) electrons. The molecule has 0 unspecified atom stereocenters. The topological polar surface area (TPSA) is 89.3 Å². The van der Waals surface area contributed by atoms with E-state index in [9.17, 15) is 4.79 Å². The molecule has 0 fully saturated rings. The van der Waals surface area contributed by atoms with E-state index in [2.05, 4.69) is 4.98 Å². The molecular weight excluding hydrogens is 428 g/mol. The Morgan fingerprint density at radius 1 is 0.824 bits per heavy atom. The van der Waals surface area contributed by atoms with Gasteiger partial charge in [-0.3, -0.25) is 9.20 Å². The first kappa shape index (κ1) is 18.6. The maximum atomic E-state index is 13.6. The van der Waals surface area contributed by atoms with Crippen molar-refractivity contribution < 1.29 is 13.6 Å². The second-order valence-electron chi connectivity index (χ2n) is 7.97. The lowest BCUT2D eigenvalue weighted by Gasteiger charge is -2.13. The van der Waals surface area contributed by atoms with Crippen molar-refractivity contribution in [3.05, 3.63) is 103 Å². The van der Waals surface area contributed by atoms with Gasteiger partial charge in [-0.25, -0.2) is 9.97 Å². The number of aromatic nitrogens is 4. The van der Waals surface area contributed by atoms with Crippen molar-refractivity contribution in [3.63, 3.8) is 0 Å². The van der Waals surface area contributed by atoms with Gasteiger partial charge in [0.2, 0.25) is 5.78 Å². The van der Waals surface area contributed by atoms with Crippen LogP contribution in [0.1, 0.15) is 16.1 Å². The van der Waals surface area contributed by atoms with Gasteiger partial charge in [-0.1, -0.05) is 24.3 Å². The summed E-state index contributed by atoms with van der Waals surface area (Å²) in [5.41, 5.74) is 5.77. The molecule has 7 heteroatoms. The molecule has 7 nitrogen and oxygen atoms in total. The largest absolute Gasteiger partial charge is 0.463 e. The predicted octanol–water partition coefficient (Wildman–Crippen LogP) is 6.11. The standard InChI is InChI=1S/C27H16N4O3/c32-25(23-12-6-14-34-23)17-15-16(26-28-18-7-1-2-8-19(18)29-26)24(22-11-5-13-33-22)31-21-10-4-3-9-20(21)30-27(17)31/h1-15H,(H,28,29). The van der Waals surface area contributed by atoms with Crippen LogP contribution in [0.25, 0.3) is 50.6 Å². The molecule has 0 saturated carbocycles. The van der Waals surface area contributed by atoms with Crippen LogP contribution in [0.5, 0.6) is 0 Å². The number of benzene rings is 2. The number of carbonyl (C=O) groups is 1. The molecule has 0 atom stereocenters. The van der Waals surface area contributed by atoms with Crippen LogP contribution in [0, 0.1) is 0 Å². The zero-order valence-corrected chi connectivity index (χ0v) is 17.7. The van der Waals surface area contributed by atoms with Gasteiger partial charge >= 0.3 is 0 Å². The number of H-pyrrole nitrogens is 1. The zero-order chi connectivity index (χ0) is 22.6. The van der Waals surface area contributed by atoms with E-state index in [1.165, 1.54) is 6.26 Å².